The largest absolute Gasteiger partial charge is 0.383 e. The van der Waals surface area contributed by atoms with Gasteiger partial charge in [-0.2, -0.15) is 0 Å². The minimum absolute atomic E-state index is 0.270. The molecule has 0 aliphatic rings. The average Bonchev–Trinajstić information content (AvgIpc) is 2.83. The molecule has 0 aliphatic carbocycles. The number of methoxy groups -OCH3 is 1. The quantitative estimate of drug-likeness (QED) is 0.849. The molecule has 1 heterocycles. The fourth-order valence-corrected chi connectivity index (χ4v) is 2.94. The molecule has 0 atom stereocenters. The number of ether oxygens (including phenoxy) is 1. The molecule has 0 fully saturated rings. The molecule has 0 spiro atoms. The van der Waals surface area contributed by atoms with E-state index in [1.807, 2.05) is 25.1 Å². The molecule has 9 heteroatoms. The molecule has 1 aromatic carbocycles. The maximum Gasteiger partial charge on any atom is 0.273 e. The van der Waals surface area contributed by atoms with E-state index in [1.54, 1.807) is 0 Å². The Morgan fingerprint density at radius 2 is 2.10 bits per heavy atom. The molecule has 0 bridgehead atoms. The molecule has 0 unspecified atom stereocenters. The molecule has 0 radical (unpaired) electrons. The molecule has 7 nitrogen and oxygen atoms in total. The first-order chi connectivity index (χ1) is 9.86. The van der Waals surface area contributed by atoms with Crippen LogP contribution in [0.15, 0.2) is 27.8 Å². The SMILES string of the molecule is COCCn1c(-c2cccc(Br)c2C)nnc1S(N)(=O)=O. The second-order valence-corrected chi connectivity index (χ2v) is 6.72. The van der Waals surface area contributed by atoms with Crippen LogP contribution < -0.4 is 5.14 Å². The third-order valence-electron chi connectivity index (χ3n) is 3.00. The standard InChI is InChI=1S/C12H15BrN4O3S/c1-8-9(4-3-5-10(8)13)11-15-16-12(21(14,18)19)17(11)6-7-20-2/h3-5H,6-7H2,1-2H3,(H2,14,18,19). The van der Waals surface area contributed by atoms with E-state index in [1.165, 1.54) is 11.7 Å². The van der Waals surface area contributed by atoms with Crippen LogP contribution in [0.3, 0.4) is 0 Å². The molecule has 2 N–H and O–H groups in total. The van der Waals surface area contributed by atoms with Crippen molar-refractivity contribution in [3.8, 4) is 11.4 Å². The Hall–Kier alpha value is -1.29. The Bertz CT molecular complexity index is 758. The van der Waals surface area contributed by atoms with Crippen LogP contribution >= 0.6 is 15.9 Å². The predicted octanol–water partition coefficient (Wildman–Crippen LogP) is 1.31. The normalized spacial score (nSPS) is 11.8. The summed E-state index contributed by atoms with van der Waals surface area (Å²) in [6.45, 7) is 2.52. The molecule has 0 aliphatic heterocycles. The Morgan fingerprint density at radius 3 is 2.71 bits per heavy atom. The van der Waals surface area contributed by atoms with Gasteiger partial charge in [0.25, 0.3) is 15.2 Å². The topological polar surface area (TPSA) is 100 Å². The highest BCUT2D eigenvalue weighted by Crippen LogP contribution is 2.28. The number of benzene rings is 1. The van der Waals surface area contributed by atoms with Crippen LogP contribution in [-0.4, -0.2) is 36.9 Å². The maximum atomic E-state index is 11.6. The monoisotopic (exact) mass is 374 g/mol. The van der Waals surface area contributed by atoms with Gasteiger partial charge in [-0.15, -0.1) is 10.2 Å². The number of rotatable bonds is 5. The van der Waals surface area contributed by atoms with Gasteiger partial charge in [0.2, 0.25) is 0 Å². The van der Waals surface area contributed by atoms with Gasteiger partial charge in [-0.25, -0.2) is 13.6 Å². The van der Waals surface area contributed by atoms with Gasteiger partial charge in [0.15, 0.2) is 5.82 Å². The Labute approximate surface area is 131 Å². The van der Waals surface area contributed by atoms with Crippen molar-refractivity contribution in [3.63, 3.8) is 0 Å². The maximum absolute atomic E-state index is 11.6. The summed E-state index contributed by atoms with van der Waals surface area (Å²) >= 11 is 3.44. The fourth-order valence-electron chi connectivity index (χ4n) is 1.93. The van der Waals surface area contributed by atoms with Crippen molar-refractivity contribution < 1.29 is 13.2 Å². The first kappa shape index (κ1) is 16.1. The van der Waals surface area contributed by atoms with Crippen molar-refractivity contribution >= 4 is 26.0 Å². The zero-order valence-electron chi connectivity index (χ0n) is 11.6. The van der Waals surface area contributed by atoms with Crippen molar-refractivity contribution in [3.05, 3.63) is 28.2 Å². The Balaban J connectivity index is 2.64. The molecular weight excluding hydrogens is 360 g/mol. The number of nitrogens with two attached hydrogens (primary N) is 1. The molecule has 1 aromatic heterocycles. The fraction of sp³-hybridized carbons (Fsp3) is 0.333. The summed E-state index contributed by atoms with van der Waals surface area (Å²) in [5, 5.41) is 12.6. The lowest BCUT2D eigenvalue weighted by atomic mass is 10.1. The van der Waals surface area contributed by atoms with E-state index in [0.29, 0.717) is 12.4 Å². The Morgan fingerprint density at radius 1 is 1.38 bits per heavy atom. The van der Waals surface area contributed by atoms with E-state index >= 15 is 0 Å². The van der Waals surface area contributed by atoms with Gasteiger partial charge in [0.05, 0.1) is 13.2 Å². The van der Waals surface area contributed by atoms with Crippen LogP contribution in [0, 0.1) is 6.92 Å². The van der Waals surface area contributed by atoms with Gasteiger partial charge in [0.1, 0.15) is 0 Å². The van der Waals surface area contributed by atoms with Crippen LogP contribution in [0.4, 0.5) is 0 Å². The second kappa shape index (κ2) is 6.22. The number of aromatic nitrogens is 3. The number of primary sulfonamides is 1. The van der Waals surface area contributed by atoms with E-state index in [0.717, 1.165) is 15.6 Å². The molecule has 0 saturated heterocycles. The number of halogens is 1. The Kier molecular flexibility index (Phi) is 4.77. The molecular formula is C12H15BrN4O3S. The molecule has 21 heavy (non-hydrogen) atoms. The predicted molar refractivity (Wildman–Crippen MR) is 81.1 cm³/mol. The third kappa shape index (κ3) is 3.31. The highest BCUT2D eigenvalue weighted by Gasteiger charge is 2.22. The first-order valence-corrected chi connectivity index (χ1v) is 8.40. The molecule has 0 saturated carbocycles. The van der Waals surface area contributed by atoms with E-state index in [4.69, 9.17) is 9.88 Å². The molecule has 2 rings (SSSR count). The van der Waals surface area contributed by atoms with Crippen molar-refractivity contribution in [2.75, 3.05) is 13.7 Å². The highest BCUT2D eigenvalue weighted by atomic mass is 79.9. The summed E-state index contributed by atoms with van der Waals surface area (Å²) in [5.74, 6) is 0.440. The summed E-state index contributed by atoms with van der Waals surface area (Å²) < 4.78 is 30.6. The first-order valence-electron chi connectivity index (χ1n) is 6.06. The van der Waals surface area contributed by atoms with Crippen LogP contribution in [0.1, 0.15) is 5.56 Å². The number of hydrogen-bond acceptors (Lipinski definition) is 5. The van der Waals surface area contributed by atoms with Gasteiger partial charge in [-0.05, 0) is 18.6 Å². The van der Waals surface area contributed by atoms with E-state index in [-0.39, 0.29) is 11.7 Å². The minimum Gasteiger partial charge on any atom is -0.383 e. The van der Waals surface area contributed by atoms with Crippen molar-refractivity contribution in [2.45, 2.75) is 18.6 Å². The summed E-state index contributed by atoms with van der Waals surface area (Å²) in [4.78, 5) is 0. The third-order valence-corrected chi connectivity index (χ3v) is 4.67. The number of nitrogens with zero attached hydrogens (tertiary/aromatic N) is 3. The molecule has 114 valence electrons. The highest BCUT2D eigenvalue weighted by molar-refractivity contribution is 9.10. The number of hydrogen-bond donors (Lipinski definition) is 1. The van der Waals surface area contributed by atoms with Crippen LogP contribution in [0.5, 0.6) is 0 Å². The van der Waals surface area contributed by atoms with Crippen LogP contribution in [0.2, 0.25) is 0 Å². The lowest BCUT2D eigenvalue weighted by molar-refractivity contribution is 0.185. The van der Waals surface area contributed by atoms with Gasteiger partial charge in [0, 0.05) is 17.1 Å². The van der Waals surface area contributed by atoms with Gasteiger partial charge in [-0.3, -0.25) is 4.57 Å². The number of sulfonamides is 1. The molecule has 2 aromatic rings. The van der Waals surface area contributed by atoms with E-state index in [2.05, 4.69) is 26.1 Å². The summed E-state index contributed by atoms with van der Waals surface area (Å²) in [6, 6.07) is 5.59. The van der Waals surface area contributed by atoms with Crippen molar-refractivity contribution in [2.24, 2.45) is 5.14 Å². The average molecular weight is 375 g/mol. The van der Waals surface area contributed by atoms with Crippen LogP contribution in [-0.2, 0) is 21.3 Å². The second-order valence-electron chi connectivity index (χ2n) is 4.41. The molecule has 0 amide bonds. The van der Waals surface area contributed by atoms with Crippen LogP contribution in [0.25, 0.3) is 11.4 Å². The van der Waals surface area contributed by atoms with E-state index < -0.39 is 10.0 Å². The van der Waals surface area contributed by atoms with Crippen molar-refractivity contribution in [1.29, 1.82) is 0 Å². The lowest BCUT2D eigenvalue weighted by Gasteiger charge is -2.11. The zero-order chi connectivity index (χ0) is 15.6. The van der Waals surface area contributed by atoms with Crippen molar-refractivity contribution in [1.82, 2.24) is 14.8 Å². The van der Waals surface area contributed by atoms with Gasteiger partial charge in [-0.1, -0.05) is 28.1 Å². The summed E-state index contributed by atoms with van der Waals surface area (Å²) in [7, 11) is -2.42. The van der Waals surface area contributed by atoms with Gasteiger partial charge < -0.3 is 4.74 Å². The zero-order valence-corrected chi connectivity index (χ0v) is 14.0. The minimum atomic E-state index is -3.95. The smallest absolute Gasteiger partial charge is 0.273 e. The summed E-state index contributed by atoms with van der Waals surface area (Å²) in [5.41, 5.74) is 1.72. The summed E-state index contributed by atoms with van der Waals surface area (Å²) in [6.07, 6.45) is 0. The van der Waals surface area contributed by atoms with E-state index in [9.17, 15) is 8.42 Å². The lowest BCUT2D eigenvalue weighted by Crippen LogP contribution is -2.20. The van der Waals surface area contributed by atoms with Gasteiger partial charge >= 0.3 is 0 Å².